The van der Waals surface area contributed by atoms with Crippen molar-refractivity contribution in [3.05, 3.63) is 0 Å². The summed E-state index contributed by atoms with van der Waals surface area (Å²) < 4.78 is 22.3. The van der Waals surface area contributed by atoms with Crippen LogP contribution in [0.2, 0.25) is 0 Å². The van der Waals surface area contributed by atoms with E-state index in [1.807, 2.05) is 0 Å². The number of hydrogen-bond acceptors (Lipinski definition) is 6. The summed E-state index contributed by atoms with van der Waals surface area (Å²) in [6.45, 7) is -0.892. The first-order valence-corrected chi connectivity index (χ1v) is 4.60. The SMILES string of the molecule is CC(=O)O[C@H]1[C@H](C#N)O[C@@](CO)(CF)[C@H]1O. The van der Waals surface area contributed by atoms with Crippen LogP contribution < -0.4 is 0 Å². The molecule has 0 aromatic carbocycles. The standard InChI is InChI=1S/C9H12FNO5/c1-5(13)15-7-6(2-11)16-9(3-10,4-12)8(7)14/h6-8,12,14H,3-4H2,1H3/t6-,7-,8-,9+/m0/s1. The van der Waals surface area contributed by atoms with E-state index < -0.39 is 43.2 Å². The van der Waals surface area contributed by atoms with Gasteiger partial charge in [0.15, 0.2) is 17.8 Å². The van der Waals surface area contributed by atoms with Crippen molar-refractivity contribution in [3.63, 3.8) is 0 Å². The lowest BCUT2D eigenvalue weighted by atomic mass is 9.97. The highest BCUT2D eigenvalue weighted by Gasteiger charge is 2.56. The minimum atomic E-state index is -1.89. The second-order valence-corrected chi connectivity index (χ2v) is 3.54. The molecule has 0 aromatic heterocycles. The molecule has 4 atom stereocenters. The molecule has 0 unspecified atom stereocenters. The van der Waals surface area contributed by atoms with Crippen molar-refractivity contribution in [2.75, 3.05) is 13.3 Å². The molecule has 90 valence electrons. The molecule has 7 heteroatoms. The van der Waals surface area contributed by atoms with Crippen LogP contribution in [0.15, 0.2) is 0 Å². The van der Waals surface area contributed by atoms with Crippen LogP contribution in [-0.2, 0) is 14.3 Å². The number of esters is 1. The third-order valence-electron chi connectivity index (χ3n) is 2.43. The molecule has 0 aliphatic carbocycles. The number of alkyl halides is 1. The molecule has 1 aliphatic rings. The molecular weight excluding hydrogens is 221 g/mol. The van der Waals surface area contributed by atoms with E-state index in [1.165, 1.54) is 0 Å². The summed E-state index contributed by atoms with van der Waals surface area (Å²) in [6, 6.07) is 1.64. The summed E-state index contributed by atoms with van der Waals surface area (Å²) >= 11 is 0. The molecule has 16 heavy (non-hydrogen) atoms. The van der Waals surface area contributed by atoms with E-state index in [0.29, 0.717) is 0 Å². The van der Waals surface area contributed by atoms with Crippen LogP contribution in [0.4, 0.5) is 4.39 Å². The zero-order valence-electron chi connectivity index (χ0n) is 8.59. The van der Waals surface area contributed by atoms with Crippen LogP contribution in [0.25, 0.3) is 0 Å². The van der Waals surface area contributed by atoms with Gasteiger partial charge < -0.3 is 19.7 Å². The number of halogens is 1. The largest absolute Gasteiger partial charge is 0.456 e. The fourth-order valence-electron chi connectivity index (χ4n) is 1.56. The number of rotatable bonds is 3. The van der Waals surface area contributed by atoms with E-state index in [2.05, 4.69) is 4.74 Å². The molecule has 6 nitrogen and oxygen atoms in total. The zero-order valence-corrected chi connectivity index (χ0v) is 8.59. The number of ether oxygens (including phenoxy) is 2. The highest BCUT2D eigenvalue weighted by Crippen LogP contribution is 2.33. The maximum absolute atomic E-state index is 12.7. The molecule has 0 radical (unpaired) electrons. The molecule has 0 aromatic rings. The lowest BCUT2D eigenvalue weighted by Crippen LogP contribution is -2.49. The quantitative estimate of drug-likeness (QED) is 0.600. The Labute approximate surface area is 91.2 Å². The molecule has 0 amide bonds. The molecular formula is C9H12FNO5. The highest BCUT2D eigenvalue weighted by molar-refractivity contribution is 5.66. The van der Waals surface area contributed by atoms with Gasteiger partial charge in [-0.15, -0.1) is 0 Å². The normalized spacial score (nSPS) is 38.1. The Morgan fingerprint density at radius 3 is 2.75 bits per heavy atom. The minimum absolute atomic E-state index is 0.722. The molecule has 1 saturated heterocycles. The third kappa shape index (κ3) is 2.00. The van der Waals surface area contributed by atoms with Crippen LogP contribution in [0.3, 0.4) is 0 Å². The van der Waals surface area contributed by atoms with Crippen LogP contribution in [0.5, 0.6) is 0 Å². The van der Waals surface area contributed by atoms with Crippen molar-refractivity contribution in [1.82, 2.24) is 0 Å². The van der Waals surface area contributed by atoms with Gasteiger partial charge >= 0.3 is 5.97 Å². The Kier molecular flexibility index (Phi) is 3.80. The van der Waals surface area contributed by atoms with Gasteiger partial charge in [-0.2, -0.15) is 5.26 Å². The maximum Gasteiger partial charge on any atom is 0.303 e. The fraction of sp³-hybridized carbons (Fsp3) is 0.778. The summed E-state index contributed by atoms with van der Waals surface area (Å²) in [7, 11) is 0. The van der Waals surface area contributed by atoms with Gasteiger partial charge in [0.1, 0.15) is 12.8 Å². The third-order valence-corrected chi connectivity index (χ3v) is 2.43. The first kappa shape index (κ1) is 12.8. The van der Waals surface area contributed by atoms with Crippen molar-refractivity contribution in [2.24, 2.45) is 0 Å². The number of hydrogen-bond donors (Lipinski definition) is 2. The smallest absolute Gasteiger partial charge is 0.303 e. The van der Waals surface area contributed by atoms with Crippen molar-refractivity contribution < 1.29 is 28.9 Å². The van der Waals surface area contributed by atoms with E-state index >= 15 is 0 Å². The average Bonchev–Trinajstić information content (AvgIpc) is 2.53. The van der Waals surface area contributed by atoms with Crippen molar-refractivity contribution in [3.8, 4) is 6.07 Å². The molecule has 1 fully saturated rings. The van der Waals surface area contributed by atoms with E-state index in [0.717, 1.165) is 6.92 Å². The second-order valence-electron chi connectivity index (χ2n) is 3.54. The Hall–Kier alpha value is -1.23. The Balaban J connectivity index is 2.93. The van der Waals surface area contributed by atoms with Gasteiger partial charge in [-0.3, -0.25) is 4.79 Å². The Bertz CT molecular complexity index is 312. The summed E-state index contributed by atoms with van der Waals surface area (Å²) in [5.74, 6) is -0.722. The lowest BCUT2D eigenvalue weighted by molar-refractivity contribution is -0.152. The van der Waals surface area contributed by atoms with Gasteiger partial charge in [0, 0.05) is 6.92 Å². The van der Waals surface area contributed by atoms with Crippen LogP contribution in [0, 0.1) is 11.3 Å². The van der Waals surface area contributed by atoms with Gasteiger partial charge in [-0.1, -0.05) is 0 Å². The van der Waals surface area contributed by atoms with Crippen molar-refractivity contribution >= 4 is 5.97 Å². The summed E-state index contributed by atoms with van der Waals surface area (Å²) in [5, 5.41) is 27.4. The molecule has 1 heterocycles. The van der Waals surface area contributed by atoms with E-state index in [4.69, 9.17) is 15.1 Å². The van der Waals surface area contributed by atoms with Gasteiger partial charge in [0.05, 0.1) is 12.7 Å². The monoisotopic (exact) mass is 233 g/mol. The molecule has 1 aliphatic heterocycles. The van der Waals surface area contributed by atoms with Gasteiger partial charge in [-0.05, 0) is 0 Å². The Morgan fingerprint density at radius 1 is 1.75 bits per heavy atom. The van der Waals surface area contributed by atoms with Crippen LogP contribution in [-0.4, -0.2) is 53.4 Å². The summed E-state index contributed by atoms with van der Waals surface area (Å²) in [5.41, 5.74) is -1.89. The number of aliphatic hydroxyl groups excluding tert-OH is 2. The van der Waals surface area contributed by atoms with E-state index in [1.54, 1.807) is 6.07 Å². The van der Waals surface area contributed by atoms with Gasteiger partial charge in [0.25, 0.3) is 0 Å². The van der Waals surface area contributed by atoms with E-state index in [9.17, 15) is 14.3 Å². The number of nitriles is 1. The second kappa shape index (κ2) is 4.74. The summed E-state index contributed by atoms with van der Waals surface area (Å²) in [4.78, 5) is 10.7. The number of carbonyl (C=O) groups is 1. The zero-order chi connectivity index (χ0) is 12.3. The van der Waals surface area contributed by atoms with E-state index in [-0.39, 0.29) is 0 Å². The maximum atomic E-state index is 12.7. The van der Waals surface area contributed by atoms with Gasteiger partial charge in [0.2, 0.25) is 0 Å². The predicted octanol–water partition coefficient (Wildman–Crippen LogP) is -1.10. The van der Waals surface area contributed by atoms with Crippen LogP contribution in [0.1, 0.15) is 6.92 Å². The molecule has 0 spiro atoms. The average molecular weight is 233 g/mol. The highest BCUT2D eigenvalue weighted by atomic mass is 19.1. The number of carbonyl (C=O) groups excluding carboxylic acids is 1. The van der Waals surface area contributed by atoms with Crippen molar-refractivity contribution in [1.29, 1.82) is 5.26 Å². The number of aliphatic hydroxyl groups is 2. The van der Waals surface area contributed by atoms with Gasteiger partial charge in [-0.25, -0.2) is 4.39 Å². The fourth-order valence-corrected chi connectivity index (χ4v) is 1.56. The van der Waals surface area contributed by atoms with Crippen LogP contribution >= 0.6 is 0 Å². The topological polar surface area (TPSA) is 99.8 Å². The molecule has 0 saturated carbocycles. The Morgan fingerprint density at radius 2 is 2.38 bits per heavy atom. The number of nitrogens with zero attached hydrogens (tertiary/aromatic N) is 1. The molecule has 1 rings (SSSR count). The molecule has 2 N–H and O–H groups in total. The lowest BCUT2D eigenvalue weighted by Gasteiger charge is -2.26. The minimum Gasteiger partial charge on any atom is -0.456 e. The van der Waals surface area contributed by atoms with Crippen molar-refractivity contribution in [2.45, 2.75) is 30.8 Å². The predicted molar refractivity (Wildman–Crippen MR) is 47.8 cm³/mol. The summed E-state index contributed by atoms with van der Waals surface area (Å²) in [6.07, 6.45) is -4.15. The first-order valence-electron chi connectivity index (χ1n) is 4.60. The molecule has 0 bridgehead atoms. The first-order chi connectivity index (χ1) is 7.50.